The highest BCUT2D eigenvalue weighted by molar-refractivity contribution is 5.33. The number of aryl methyl sites for hydroxylation is 2. The van der Waals surface area contributed by atoms with Crippen molar-refractivity contribution >= 4 is 0 Å². The van der Waals surface area contributed by atoms with Crippen molar-refractivity contribution in [3.8, 4) is 0 Å². The molecule has 0 saturated heterocycles. The van der Waals surface area contributed by atoms with Gasteiger partial charge in [0.15, 0.2) is 0 Å². The third-order valence-electron chi connectivity index (χ3n) is 4.90. The summed E-state index contributed by atoms with van der Waals surface area (Å²) in [4.78, 5) is 0. The van der Waals surface area contributed by atoms with Crippen LogP contribution in [0, 0.1) is 25.7 Å². The summed E-state index contributed by atoms with van der Waals surface area (Å²) in [5, 5.41) is 10.9. The van der Waals surface area contributed by atoms with Gasteiger partial charge in [-0.05, 0) is 62.1 Å². The van der Waals surface area contributed by atoms with Gasteiger partial charge in [-0.2, -0.15) is 0 Å². The van der Waals surface area contributed by atoms with Gasteiger partial charge < -0.3 is 5.11 Å². The summed E-state index contributed by atoms with van der Waals surface area (Å²) < 4.78 is 0. The summed E-state index contributed by atoms with van der Waals surface area (Å²) in [6.07, 6.45) is 4.82. The van der Waals surface area contributed by atoms with Gasteiger partial charge in [-0.1, -0.05) is 38.0 Å². The zero-order chi connectivity index (χ0) is 13.3. The van der Waals surface area contributed by atoms with Gasteiger partial charge in [0.1, 0.15) is 0 Å². The average molecular weight is 246 g/mol. The lowest BCUT2D eigenvalue weighted by atomic mass is 9.72. The van der Waals surface area contributed by atoms with E-state index >= 15 is 0 Å². The molecular formula is C17H26O. The summed E-state index contributed by atoms with van der Waals surface area (Å²) in [6, 6.07) is 6.39. The molecule has 0 aliphatic heterocycles. The molecule has 1 heteroatoms. The van der Waals surface area contributed by atoms with Gasteiger partial charge >= 0.3 is 0 Å². The highest BCUT2D eigenvalue weighted by Gasteiger charge is 2.35. The Kier molecular flexibility index (Phi) is 3.82. The highest BCUT2D eigenvalue weighted by Crippen LogP contribution is 2.40. The van der Waals surface area contributed by atoms with Crippen LogP contribution in [0.3, 0.4) is 0 Å². The Hall–Kier alpha value is -0.820. The second kappa shape index (κ2) is 5.05. The first-order chi connectivity index (χ1) is 8.41. The molecule has 1 aliphatic rings. The van der Waals surface area contributed by atoms with E-state index in [2.05, 4.69) is 39.0 Å². The number of benzene rings is 1. The van der Waals surface area contributed by atoms with Gasteiger partial charge in [0.2, 0.25) is 0 Å². The second-order valence-electron chi connectivity index (χ2n) is 6.40. The molecule has 1 nitrogen and oxygen atoms in total. The minimum atomic E-state index is -0.668. The summed E-state index contributed by atoms with van der Waals surface area (Å²) in [5.74, 6) is 1.24. The van der Waals surface area contributed by atoms with Crippen LogP contribution in [0.4, 0.5) is 0 Å². The molecule has 100 valence electrons. The highest BCUT2D eigenvalue weighted by atomic mass is 16.3. The lowest BCUT2D eigenvalue weighted by Crippen LogP contribution is -2.34. The standard InChI is InChI=1S/C17H26O/c1-12-5-8-15(9-6-12)17(4,18)16-10-7-13(2)14(3)11-16/h7,10-12,15,18H,5-6,8-9H2,1-4H3. The Labute approximate surface area is 111 Å². The number of aliphatic hydroxyl groups is 1. The predicted octanol–water partition coefficient (Wildman–Crippen LogP) is 4.34. The topological polar surface area (TPSA) is 20.2 Å². The van der Waals surface area contributed by atoms with Crippen LogP contribution < -0.4 is 0 Å². The molecule has 0 spiro atoms. The molecule has 0 amide bonds. The van der Waals surface area contributed by atoms with Crippen molar-refractivity contribution in [1.29, 1.82) is 0 Å². The lowest BCUT2D eigenvalue weighted by molar-refractivity contribution is -0.0264. The lowest BCUT2D eigenvalue weighted by Gasteiger charge is -2.38. The van der Waals surface area contributed by atoms with E-state index in [-0.39, 0.29) is 0 Å². The molecule has 1 fully saturated rings. The minimum Gasteiger partial charge on any atom is -0.385 e. The Bertz CT molecular complexity index is 412. The van der Waals surface area contributed by atoms with Crippen LogP contribution in [0.25, 0.3) is 0 Å². The zero-order valence-electron chi connectivity index (χ0n) is 12.2. The second-order valence-corrected chi connectivity index (χ2v) is 6.40. The smallest absolute Gasteiger partial charge is 0.0896 e. The van der Waals surface area contributed by atoms with Crippen molar-refractivity contribution in [1.82, 2.24) is 0 Å². The van der Waals surface area contributed by atoms with Crippen LogP contribution >= 0.6 is 0 Å². The van der Waals surface area contributed by atoms with Gasteiger partial charge in [0.05, 0.1) is 5.60 Å². The molecule has 1 saturated carbocycles. The molecule has 1 aromatic carbocycles. The molecule has 1 N–H and O–H groups in total. The molecule has 0 aromatic heterocycles. The van der Waals surface area contributed by atoms with E-state index in [4.69, 9.17) is 0 Å². The van der Waals surface area contributed by atoms with E-state index in [1.165, 1.54) is 24.0 Å². The summed E-state index contributed by atoms with van der Waals surface area (Å²) in [5.41, 5.74) is 2.99. The maximum Gasteiger partial charge on any atom is 0.0896 e. The van der Waals surface area contributed by atoms with Crippen molar-refractivity contribution in [2.75, 3.05) is 0 Å². The fourth-order valence-electron chi connectivity index (χ4n) is 3.11. The molecule has 0 radical (unpaired) electrons. The van der Waals surface area contributed by atoms with Gasteiger partial charge in [-0.15, -0.1) is 0 Å². The first-order valence-corrected chi connectivity index (χ1v) is 7.21. The van der Waals surface area contributed by atoms with E-state index in [0.29, 0.717) is 5.92 Å². The summed E-state index contributed by atoms with van der Waals surface area (Å²) in [7, 11) is 0. The monoisotopic (exact) mass is 246 g/mol. The molecule has 1 unspecified atom stereocenters. The number of hydrogen-bond acceptors (Lipinski definition) is 1. The normalized spacial score (nSPS) is 27.8. The number of hydrogen-bond donors (Lipinski definition) is 1. The van der Waals surface area contributed by atoms with Crippen LogP contribution in [-0.4, -0.2) is 5.11 Å². The van der Waals surface area contributed by atoms with Crippen molar-refractivity contribution in [2.24, 2.45) is 11.8 Å². The van der Waals surface area contributed by atoms with Gasteiger partial charge in [-0.3, -0.25) is 0 Å². The molecule has 0 bridgehead atoms. The fraction of sp³-hybridized carbons (Fsp3) is 0.647. The maximum atomic E-state index is 10.9. The van der Waals surface area contributed by atoms with Crippen LogP contribution in [0.5, 0.6) is 0 Å². The van der Waals surface area contributed by atoms with Crippen molar-refractivity contribution in [2.45, 2.75) is 59.0 Å². The van der Waals surface area contributed by atoms with Gasteiger partial charge in [0.25, 0.3) is 0 Å². The van der Waals surface area contributed by atoms with Crippen LogP contribution in [0.1, 0.15) is 56.2 Å². The van der Waals surface area contributed by atoms with E-state index in [9.17, 15) is 5.11 Å². The minimum absolute atomic E-state index is 0.413. The van der Waals surface area contributed by atoms with Crippen molar-refractivity contribution < 1.29 is 5.11 Å². The zero-order valence-corrected chi connectivity index (χ0v) is 12.2. The number of rotatable bonds is 2. The van der Waals surface area contributed by atoms with Crippen LogP contribution in [0.15, 0.2) is 18.2 Å². The van der Waals surface area contributed by atoms with Gasteiger partial charge in [0, 0.05) is 0 Å². The molecule has 1 atom stereocenters. The third kappa shape index (κ3) is 2.61. The molecule has 18 heavy (non-hydrogen) atoms. The van der Waals surface area contributed by atoms with Gasteiger partial charge in [-0.25, -0.2) is 0 Å². The molecule has 0 heterocycles. The Balaban J connectivity index is 2.21. The van der Waals surface area contributed by atoms with E-state index in [0.717, 1.165) is 24.3 Å². The molecule has 1 aromatic rings. The fourth-order valence-corrected chi connectivity index (χ4v) is 3.11. The van der Waals surface area contributed by atoms with E-state index in [1.807, 2.05) is 6.92 Å². The van der Waals surface area contributed by atoms with Crippen molar-refractivity contribution in [3.05, 3.63) is 34.9 Å². The van der Waals surface area contributed by atoms with Crippen LogP contribution in [-0.2, 0) is 5.60 Å². The summed E-state index contributed by atoms with van der Waals surface area (Å²) >= 11 is 0. The van der Waals surface area contributed by atoms with Crippen molar-refractivity contribution in [3.63, 3.8) is 0 Å². The molecule has 2 rings (SSSR count). The first-order valence-electron chi connectivity index (χ1n) is 7.21. The maximum absolute atomic E-state index is 10.9. The Morgan fingerprint density at radius 3 is 2.22 bits per heavy atom. The Morgan fingerprint density at radius 2 is 1.67 bits per heavy atom. The third-order valence-corrected chi connectivity index (χ3v) is 4.90. The first kappa shape index (κ1) is 13.6. The van der Waals surface area contributed by atoms with E-state index in [1.54, 1.807) is 0 Å². The summed E-state index contributed by atoms with van der Waals surface area (Å²) in [6.45, 7) is 8.56. The average Bonchev–Trinajstić information content (AvgIpc) is 2.33. The Morgan fingerprint density at radius 1 is 1.06 bits per heavy atom. The largest absolute Gasteiger partial charge is 0.385 e. The predicted molar refractivity (Wildman–Crippen MR) is 76.6 cm³/mol. The SMILES string of the molecule is Cc1ccc(C(C)(O)C2CCC(C)CC2)cc1C. The van der Waals surface area contributed by atoms with Crippen LogP contribution in [0.2, 0.25) is 0 Å². The quantitative estimate of drug-likeness (QED) is 0.823. The molecular weight excluding hydrogens is 220 g/mol. The van der Waals surface area contributed by atoms with E-state index < -0.39 is 5.60 Å². The molecule has 1 aliphatic carbocycles.